The zero-order valence-electron chi connectivity index (χ0n) is 15.3. The number of hydrogen-bond donors (Lipinski definition) is 0. The predicted molar refractivity (Wildman–Crippen MR) is 101 cm³/mol. The zero-order valence-corrected chi connectivity index (χ0v) is 16.1. The third-order valence-corrected chi connectivity index (χ3v) is 8.98. The summed E-state index contributed by atoms with van der Waals surface area (Å²) in [6.07, 6.45) is 5.21. The molecule has 4 aliphatic rings. The van der Waals surface area contributed by atoms with Gasteiger partial charge in [-0.15, -0.1) is 0 Å². The Labute approximate surface area is 162 Å². The molecule has 2 aliphatic heterocycles. The van der Waals surface area contributed by atoms with Gasteiger partial charge in [0.1, 0.15) is 29.5 Å². The number of fused-ring (bicyclic) bond motifs is 1. The summed E-state index contributed by atoms with van der Waals surface area (Å²) in [6.45, 7) is -0.108. The zero-order chi connectivity index (χ0) is 18.4. The van der Waals surface area contributed by atoms with Crippen LogP contribution in [0, 0.1) is 17.8 Å². The minimum Gasteiger partial charge on any atom is -0.482 e. The van der Waals surface area contributed by atoms with Crippen LogP contribution in [0.5, 0.6) is 5.75 Å². The van der Waals surface area contributed by atoms with Crippen LogP contribution < -0.4 is 4.74 Å². The van der Waals surface area contributed by atoms with Gasteiger partial charge in [-0.2, -0.15) is 0 Å². The highest BCUT2D eigenvalue weighted by Gasteiger charge is 2.63. The first-order chi connectivity index (χ1) is 13.2. The smallest absolute Gasteiger partial charge is 0.344 e. The molecular weight excluding hydrogens is 364 g/mol. The largest absolute Gasteiger partial charge is 0.482 e. The molecule has 2 heterocycles. The maximum Gasteiger partial charge on any atom is 0.344 e. The van der Waals surface area contributed by atoms with Crippen LogP contribution in [0.1, 0.15) is 32.1 Å². The molecule has 6 heteroatoms. The van der Waals surface area contributed by atoms with E-state index >= 15 is 0 Å². The van der Waals surface area contributed by atoms with Crippen molar-refractivity contribution in [3.63, 3.8) is 0 Å². The lowest BCUT2D eigenvalue weighted by Crippen LogP contribution is -2.37. The Morgan fingerprint density at radius 2 is 1.89 bits per heavy atom. The number of ether oxygens (including phenoxy) is 3. The fourth-order valence-electron chi connectivity index (χ4n) is 5.19. The van der Waals surface area contributed by atoms with Crippen molar-refractivity contribution in [3.05, 3.63) is 24.3 Å². The Bertz CT molecular complexity index is 727. The summed E-state index contributed by atoms with van der Waals surface area (Å²) in [5, 5.41) is 0. The van der Waals surface area contributed by atoms with Gasteiger partial charge in [0, 0.05) is 22.7 Å². The highest BCUT2D eigenvalue weighted by Crippen LogP contribution is 2.55. The second kappa shape index (κ2) is 7.04. The average molecular weight is 389 g/mol. The van der Waals surface area contributed by atoms with E-state index in [0.717, 1.165) is 12.8 Å². The van der Waals surface area contributed by atoms with E-state index in [0.29, 0.717) is 16.6 Å². The van der Waals surface area contributed by atoms with E-state index in [-0.39, 0.29) is 48.5 Å². The van der Waals surface area contributed by atoms with E-state index in [9.17, 15) is 9.59 Å². The van der Waals surface area contributed by atoms with Gasteiger partial charge in [-0.3, -0.25) is 4.79 Å². The molecule has 0 aromatic heterocycles. The number of benzene rings is 1. The molecule has 0 radical (unpaired) electrons. The van der Waals surface area contributed by atoms with E-state index in [1.807, 2.05) is 12.1 Å². The topological polar surface area (TPSA) is 61.8 Å². The highest BCUT2D eigenvalue weighted by molar-refractivity contribution is 7.96. The molecule has 2 saturated carbocycles. The quantitative estimate of drug-likeness (QED) is 0.572. The first kappa shape index (κ1) is 17.4. The van der Waals surface area contributed by atoms with Gasteiger partial charge in [0.25, 0.3) is 0 Å². The van der Waals surface area contributed by atoms with E-state index in [1.54, 1.807) is 0 Å². The third kappa shape index (κ3) is 3.22. The number of esters is 2. The van der Waals surface area contributed by atoms with Crippen molar-refractivity contribution in [1.82, 2.24) is 0 Å². The Balaban J connectivity index is 1.13. The van der Waals surface area contributed by atoms with E-state index in [2.05, 4.69) is 12.1 Å². The fourth-order valence-corrected chi connectivity index (χ4v) is 7.49. The van der Waals surface area contributed by atoms with Crippen LogP contribution in [0.3, 0.4) is 0 Å². The van der Waals surface area contributed by atoms with Crippen LogP contribution in [0.25, 0.3) is 0 Å². The Morgan fingerprint density at radius 3 is 2.67 bits per heavy atom. The number of rotatable bonds is 5. The lowest BCUT2D eigenvalue weighted by Gasteiger charge is -2.25. The maximum absolute atomic E-state index is 12.2. The summed E-state index contributed by atoms with van der Waals surface area (Å²) >= 11 is 0. The van der Waals surface area contributed by atoms with E-state index in [4.69, 9.17) is 14.2 Å². The Kier molecular flexibility index (Phi) is 4.54. The van der Waals surface area contributed by atoms with Crippen LogP contribution in [0.2, 0.25) is 0 Å². The molecule has 27 heavy (non-hydrogen) atoms. The Morgan fingerprint density at radius 1 is 1.11 bits per heavy atom. The average Bonchev–Trinajstić information content (AvgIpc) is 3.33. The van der Waals surface area contributed by atoms with Gasteiger partial charge in [-0.05, 0) is 56.4 Å². The molecule has 0 N–H and O–H groups in total. The minimum atomic E-state index is -0.384. The molecule has 2 aliphatic carbocycles. The summed E-state index contributed by atoms with van der Waals surface area (Å²) in [5.74, 6) is 3.33. The van der Waals surface area contributed by atoms with Gasteiger partial charge in [-0.25, -0.2) is 4.79 Å². The van der Waals surface area contributed by atoms with Crippen molar-refractivity contribution in [2.75, 3.05) is 18.1 Å². The van der Waals surface area contributed by atoms with Gasteiger partial charge in [0.05, 0.1) is 5.92 Å². The molecule has 1 aromatic rings. The molecule has 0 spiro atoms. The number of carbonyl (C=O) groups excluding carboxylic acids is 2. The SMILES string of the molecule is O=C(COc1ccc([S+]2CCCCC2)cc1)OC1C2CC3C(=O)OC1C3C2. The van der Waals surface area contributed by atoms with Gasteiger partial charge < -0.3 is 14.2 Å². The summed E-state index contributed by atoms with van der Waals surface area (Å²) in [5.41, 5.74) is 0. The van der Waals surface area contributed by atoms with E-state index in [1.165, 1.54) is 35.7 Å². The van der Waals surface area contributed by atoms with Gasteiger partial charge in [0.15, 0.2) is 11.5 Å². The molecule has 5 atom stereocenters. The standard InChI is InChI=1S/C21H25O5S/c22-18(25-19-13-10-16-17(11-13)21(23)26-20(16)19)12-24-14-4-6-15(7-5-14)27-8-2-1-3-9-27/h4-7,13,16-17,19-20H,1-3,8-12H2/q+1. The van der Waals surface area contributed by atoms with Crippen molar-refractivity contribution in [3.8, 4) is 5.75 Å². The van der Waals surface area contributed by atoms with Gasteiger partial charge in [0.2, 0.25) is 0 Å². The van der Waals surface area contributed by atoms with Gasteiger partial charge in [-0.1, -0.05) is 0 Å². The second-order valence-corrected chi connectivity index (χ2v) is 10.4. The molecule has 0 amide bonds. The van der Waals surface area contributed by atoms with Crippen LogP contribution in [-0.2, 0) is 30.0 Å². The van der Waals surface area contributed by atoms with Crippen LogP contribution >= 0.6 is 0 Å². The van der Waals surface area contributed by atoms with Crippen LogP contribution in [0.4, 0.5) is 0 Å². The third-order valence-electron chi connectivity index (χ3n) is 6.48. The number of hydrogen-bond acceptors (Lipinski definition) is 5. The van der Waals surface area contributed by atoms with Crippen molar-refractivity contribution >= 4 is 22.8 Å². The van der Waals surface area contributed by atoms with Gasteiger partial charge >= 0.3 is 11.9 Å². The molecule has 4 fully saturated rings. The Hall–Kier alpha value is -1.69. The van der Waals surface area contributed by atoms with Crippen molar-refractivity contribution < 1.29 is 23.8 Å². The summed E-state index contributed by atoms with van der Waals surface area (Å²) in [7, 11) is 0.374. The minimum absolute atomic E-state index is 0.0367. The molecule has 144 valence electrons. The molecule has 5 unspecified atom stereocenters. The predicted octanol–water partition coefficient (Wildman–Crippen LogP) is 2.72. The van der Waals surface area contributed by atoms with Crippen molar-refractivity contribution in [2.45, 2.75) is 49.2 Å². The molecule has 2 saturated heterocycles. The molecule has 2 bridgehead atoms. The fraction of sp³-hybridized carbons (Fsp3) is 0.619. The molecular formula is C21H25O5S+. The monoisotopic (exact) mass is 389 g/mol. The highest BCUT2D eigenvalue weighted by atomic mass is 32.2. The van der Waals surface area contributed by atoms with E-state index < -0.39 is 0 Å². The first-order valence-electron chi connectivity index (χ1n) is 9.99. The summed E-state index contributed by atoms with van der Waals surface area (Å²) in [6, 6.07) is 8.16. The summed E-state index contributed by atoms with van der Waals surface area (Å²) in [4.78, 5) is 25.4. The van der Waals surface area contributed by atoms with Crippen molar-refractivity contribution in [1.29, 1.82) is 0 Å². The lowest BCUT2D eigenvalue weighted by atomic mass is 9.88. The molecule has 1 aromatic carbocycles. The normalized spacial score (nSPS) is 34.5. The maximum atomic E-state index is 12.2. The summed E-state index contributed by atoms with van der Waals surface area (Å²) < 4.78 is 16.7. The second-order valence-electron chi connectivity index (χ2n) is 8.08. The van der Waals surface area contributed by atoms with Crippen LogP contribution in [0.15, 0.2) is 29.2 Å². The number of carbonyl (C=O) groups is 2. The lowest BCUT2D eigenvalue weighted by molar-refractivity contribution is -0.163. The molecule has 5 rings (SSSR count). The molecule has 5 nitrogen and oxygen atoms in total. The van der Waals surface area contributed by atoms with Crippen molar-refractivity contribution in [2.24, 2.45) is 17.8 Å². The first-order valence-corrected chi connectivity index (χ1v) is 11.6. The van der Waals surface area contributed by atoms with Crippen LogP contribution in [-0.4, -0.2) is 42.3 Å².